The van der Waals surface area contributed by atoms with Gasteiger partial charge in [-0.1, -0.05) is 37.5 Å². The number of rotatable bonds is 12. The van der Waals surface area contributed by atoms with Gasteiger partial charge in [-0.05, 0) is 50.3 Å². The van der Waals surface area contributed by atoms with E-state index in [0.29, 0.717) is 6.42 Å². The number of para-hydroxylation sites is 1. The smallest absolute Gasteiger partial charge is 0.220 e. The Bertz CT molecular complexity index is 705. The van der Waals surface area contributed by atoms with E-state index in [2.05, 4.69) is 33.1 Å². The van der Waals surface area contributed by atoms with Crippen molar-refractivity contribution in [3.63, 3.8) is 0 Å². The monoisotopic (exact) mass is 384 g/mol. The number of hydrogen-bond acceptors (Lipinski definition) is 3. The molecule has 1 aliphatic rings. The molecule has 1 amide bonds. The number of nitrogens with one attached hydrogen (secondary N) is 4. The van der Waals surface area contributed by atoms with E-state index in [1.165, 1.54) is 43.1 Å². The van der Waals surface area contributed by atoms with Gasteiger partial charge in [-0.3, -0.25) is 4.79 Å². The molecule has 1 aromatic carbocycles. The summed E-state index contributed by atoms with van der Waals surface area (Å²) >= 11 is 0. The zero-order valence-corrected chi connectivity index (χ0v) is 17.1. The maximum Gasteiger partial charge on any atom is 0.220 e. The molecule has 28 heavy (non-hydrogen) atoms. The molecule has 0 atom stereocenters. The maximum absolute atomic E-state index is 12.1. The minimum absolute atomic E-state index is 0.148. The summed E-state index contributed by atoms with van der Waals surface area (Å²) < 4.78 is 0. The van der Waals surface area contributed by atoms with Crippen LogP contribution in [0.1, 0.15) is 56.9 Å². The number of aromatic nitrogens is 1. The van der Waals surface area contributed by atoms with Crippen molar-refractivity contribution in [1.82, 2.24) is 20.9 Å². The largest absolute Gasteiger partial charge is 0.361 e. The van der Waals surface area contributed by atoms with Crippen LogP contribution in [0.5, 0.6) is 0 Å². The molecule has 5 heteroatoms. The summed E-state index contributed by atoms with van der Waals surface area (Å²) in [7, 11) is 0. The average molecular weight is 385 g/mol. The van der Waals surface area contributed by atoms with Crippen molar-refractivity contribution in [2.75, 3.05) is 26.2 Å². The van der Waals surface area contributed by atoms with Crippen molar-refractivity contribution >= 4 is 16.8 Å². The number of unbranched alkanes of at least 4 members (excludes halogenated alkanes) is 1. The molecule has 1 saturated carbocycles. The first-order valence-electron chi connectivity index (χ1n) is 11.1. The molecular formula is C23H36N4O. The van der Waals surface area contributed by atoms with E-state index < -0.39 is 0 Å². The number of hydrogen-bond donors (Lipinski definition) is 4. The number of aromatic amines is 1. The molecular weight excluding hydrogens is 348 g/mol. The van der Waals surface area contributed by atoms with Gasteiger partial charge >= 0.3 is 0 Å². The number of H-pyrrole nitrogens is 1. The predicted octanol–water partition coefficient (Wildman–Crippen LogP) is 3.51. The maximum atomic E-state index is 12.1. The van der Waals surface area contributed by atoms with Crippen molar-refractivity contribution < 1.29 is 4.79 Å². The van der Waals surface area contributed by atoms with Gasteiger partial charge in [0, 0.05) is 49.2 Å². The quantitative estimate of drug-likeness (QED) is 0.423. The molecule has 0 saturated heterocycles. The summed E-state index contributed by atoms with van der Waals surface area (Å²) in [4.78, 5) is 15.3. The second-order valence-electron chi connectivity index (χ2n) is 7.96. The lowest BCUT2D eigenvalue weighted by Gasteiger charge is -2.22. The van der Waals surface area contributed by atoms with Crippen LogP contribution in [0.25, 0.3) is 10.9 Å². The van der Waals surface area contributed by atoms with E-state index in [0.717, 1.165) is 57.0 Å². The Morgan fingerprint density at radius 3 is 2.71 bits per heavy atom. The van der Waals surface area contributed by atoms with Crippen molar-refractivity contribution in [3.05, 3.63) is 36.0 Å². The molecule has 1 aromatic heterocycles. The first-order valence-corrected chi connectivity index (χ1v) is 11.1. The molecule has 5 nitrogen and oxygen atoms in total. The molecule has 4 N–H and O–H groups in total. The minimum atomic E-state index is 0.148. The summed E-state index contributed by atoms with van der Waals surface area (Å²) in [5.74, 6) is 0.148. The SMILES string of the molecule is O=C(CCc1c[nH]c2ccccc12)NCCCCNCCNC1CCCCC1. The highest BCUT2D eigenvalue weighted by Crippen LogP contribution is 2.19. The van der Waals surface area contributed by atoms with Gasteiger partial charge in [0.15, 0.2) is 0 Å². The highest BCUT2D eigenvalue weighted by molar-refractivity contribution is 5.84. The first kappa shape index (κ1) is 20.9. The zero-order chi connectivity index (χ0) is 19.4. The fourth-order valence-electron chi connectivity index (χ4n) is 4.07. The van der Waals surface area contributed by atoms with Gasteiger partial charge in [-0.2, -0.15) is 0 Å². The Morgan fingerprint density at radius 1 is 1.00 bits per heavy atom. The van der Waals surface area contributed by atoms with Gasteiger partial charge in [-0.15, -0.1) is 0 Å². The zero-order valence-electron chi connectivity index (χ0n) is 17.1. The highest BCUT2D eigenvalue weighted by Gasteiger charge is 2.11. The van der Waals surface area contributed by atoms with E-state index in [1.807, 2.05) is 18.3 Å². The van der Waals surface area contributed by atoms with Crippen LogP contribution in [-0.2, 0) is 11.2 Å². The number of amides is 1. The van der Waals surface area contributed by atoms with Gasteiger partial charge in [-0.25, -0.2) is 0 Å². The Hall–Kier alpha value is -1.85. The van der Waals surface area contributed by atoms with Gasteiger partial charge in [0.2, 0.25) is 5.91 Å². The highest BCUT2D eigenvalue weighted by atomic mass is 16.1. The Labute approximate surface area is 169 Å². The lowest BCUT2D eigenvalue weighted by Crippen LogP contribution is -2.36. The molecule has 0 spiro atoms. The van der Waals surface area contributed by atoms with Crippen LogP contribution >= 0.6 is 0 Å². The van der Waals surface area contributed by atoms with Crippen molar-refractivity contribution in [1.29, 1.82) is 0 Å². The summed E-state index contributed by atoms with van der Waals surface area (Å²) in [5, 5.41) is 11.4. The van der Waals surface area contributed by atoms with Crippen molar-refractivity contribution in [2.24, 2.45) is 0 Å². The molecule has 1 fully saturated rings. The number of benzene rings is 1. The van der Waals surface area contributed by atoms with Crippen LogP contribution in [0.3, 0.4) is 0 Å². The van der Waals surface area contributed by atoms with Crippen LogP contribution in [-0.4, -0.2) is 43.1 Å². The van der Waals surface area contributed by atoms with Gasteiger partial charge in [0.25, 0.3) is 0 Å². The molecule has 0 radical (unpaired) electrons. The van der Waals surface area contributed by atoms with Crippen LogP contribution in [0.2, 0.25) is 0 Å². The minimum Gasteiger partial charge on any atom is -0.361 e. The average Bonchev–Trinajstić information content (AvgIpc) is 3.15. The third-order valence-electron chi connectivity index (χ3n) is 5.74. The van der Waals surface area contributed by atoms with E-state index in [-0.39, 0.29) is 5.91 Å². The lowest BCUT2D eigenvalue weighted by molar-refractivity contribution is -0.121. The first-order chi connectivity index (χ1) is 13.8. The van der Waals surface area contributed by atoms with Gasteiger partial charge < -0.3 is 20.9 Å². The molecule has 154 valence electrons. The molecule has 3 rings (SSSR count). The Morgan fingerprint density at radius 2 is 1.82 bits per heavy atom. The standard InChI is InChI=1S/C23H36N4O/c28-23(13-12-19-18-27-22-11-5-4-10-21(19)22)26-15-7-6-14-24-16-17-25-20-8-2-1-3-9-20/h4-5,10-11,18,20,24-25,27H,1-3,6-9,12-17H2,(H,26,28). The number of carbonyl (C=O) groups excluding carboxylic acids is 1. The Kier molecular flexibility index (Phi) is 8.85. The van der Waals surface area contributed by atoms with Gasteiger partial charge in [0.1, 0.15) is 0 Å². The molecule has 0 bridgehead atoms. The van der Waals surface area contributed by atoms with E-state index in [1.54, 1.807) is 0 Å². The van der Waals surface area contributed by atoms with Crippen molar-refractivity contribution in [2.45, 2.75) is 63.8 Å². The van der Waals surface area contributed by atoms with Gasteiger partial charge in [0.05, 0.1) is 0 Å². The van der Waals surface area contributed by atoms with E-state index >= 15 is 0 Å². The van der Waals surface area contributed by atoms with E-state index in [9.17, 15) is 4.79 Å². The fourth-order valence-corrected chi connectivity index (χ4v) is 4.07. The summed E-state index contributed by atoms with van der Waals surface area (Å²) in [5.41, 5.74) is 2.36. The topological polar surface area (TPSA) is 69.0 Å². The van der Waals surface area contributed by atoms with E-state index in [4.69, 9.17) is 0 Å². The third-order valence-corrected chi connectivity index (χ3v) is 5.74. The molecule has 1 aliphatic carbocycles. The number of carbonyl (C=O) groups is 1. The van der Waals surface area contributed by atoms with Crippen LogP contribution < -0.4 is 16.0 Å². The number of fused-ring (bicyclic) bond motifs is 1. The lowest BCUT2D eigenvalue weighted by atomic mass is 9.95. The second kappa shape index (κ2) is 11.9. The summed E-state index contributed by atoms with van der Waals surface area (Å²) in [6.07, 6.45) is 12.4. The summed E-state index contributed by atoms with van der Waals surface area (Å²) in [6, 6.07) is 8.99. The van der Waals surface area contributed by atoms with Crippen molar-refractivity contribution in [3.8, 4) is 0 Å². The fraction of sp³-hybridized carbons (Fsp3) is 0.609. The van der Waals surface area contributed by atoms with Crippen LogP contribution in [0.4, 0.5) is 0 Å². The molecule has 0 aliphatic heterocycles. The number of aryl methyl sites for hydroxylation is 1. The van der Waals surface area contributed by atoms with Crippen LogP contribution in [0.15, 0.2) is 30.5 Å². The molecule has 1 heterocycles. The molecule has 0 unspecified atom stereocenters. The normalized spacial score (nSPS) is 15.1. The van der Waals surface area contributed by atoms with Crippen LogP contribution in [0, 0.1) is 0 Å². The summed E-state index contributed by atoms with van der Waals surface area (Å²) in [6.45, 7) is 3.90. The third kappa shape index (κ3) is 6.95. The second-order valence-corrected chi connectivity index (χ2v) is 7.96. The predicted molar refractivity (Wildman–Crippen MR) is 117 cm³/mol. The molecule has 2 aromatic rings. The Balaban J connectivity index is 1.16.